The average molecular weight is 307 g/mol. The molecule has 0 saturated heterocycles. The van der Waals surface area contributed by atoms with Crippen LogP contribution in [-0.2, 0) is 14.8 Å². The van der Waals surface area contributed by atoms with Crippen molar-refractivity contribution in [2.75, 3.05) is 16.3 Å². The molecule has 0 fully saturated rings. The van der Waals surface area contributed by atoms with Crippen molar-refractivity contribution in [1.29, 1.82) is 0 Å². The van der Waals surface area contributed by atoms with E-state index < -0.39 is 21.5 Å². The molecule has 6 nitrogen and oxygen atoms in total. The van der Waals surface area contributed by atoms with Crippen LogP contribution in [0.15, 0.2) is 18.2 Å². The third-order valence-electron chi connectivity index (χ3n) is 2.08. The lowest BCUT2D eigenvalue weighted by Gasteiger charge is -2.17. The summed E-state index contributed by atoms with van der Waals surface area (Å²) in [6.45, 7) is 2.69. The molecule has 1 amide bonds. The molecule has 0 unspecified atom stereocenters. The lowest BCUT2D eigenvalue weighted by Crippen LogP contribution is -2.36. The maximum Gasteiger partial charge on any atom is 0.255 e. The van der Waals surface area contributed by atoms with Crippen molar-refractivity contribution >= 4 is 38.9 Å². The van der Waals surface area contributed by atoms with Gasteiger partial charge in [-0.15, -0.1) is 0 Å². The first-order chi connectivity index (χ1) is 8.49. The van der Waals surface area contributed by atoms with E-state index >= 15 is 0 Å². The number of anilines is 2. The highest BCUT2D eigenvalue weighted by Gasteiger charge is 2.24. The van der Waals surface area contributed by atoms with Gasteiger partial charge in [-0.1, -0.05) is 11.6 Å². The summed E-state index contributed by atoms with van der Waals surface area (Å²) in [7, 11) is -3.39. The van der Waals surface area contributed by atoms with E-state index in [-0.39, 0.29) is 16.4 Å². The van der Waals surface area contributed by atoms with E-state index in [4.69, 9.17) is 11.6 Å². The van der Waals surface area contributed by atoms with E-state index in [1.807, 2.05) is 0 Å². The van der Waals surface area contributed by atoms with Gasteiger partial charge < -0.3 is 10.4 Å². The van der Waals surface area contributed by atoms with Crippen molar-refractivity contribution < 1.29 is 18.3 Å². The SMILES string of the molecule is CC(C)(O)C(=O)Nc1ccc(NS(C)(=O)=O)cc1Cl. The van der Waals surface area contributed by atoms with E-state index in [9.17, 15) is 18.3 Å². The topological polar surface area (TPSA) is 95.5 Å². The Hall–Kier alpha value is -1.31. The molecule has 0 aromatic heterocycles. The average Bonchev–Trinajstić information content (AvgIpc) is 2.18. The number of hydrogen-bond acceptors (Lipinski definition) is 4. The van der Waals surface area contributed by atoms with Crippen molar-refractivity contribution in [3.63, 3.8) is 0 Å². The van der Waals surface area contributed by atoms with Gasteiger partial charge in [0.2, 0.25) is 10.0 Å². The molecule has 0 radical (unpaired) electrons. The Kier molecular flexibility index (Phi) is 4.44. The number of aliphatic hydroxyl groups is 1. The number of nitrogens with one attached hydrogen (secondary N) is 2. The van der Waals surface area contributed by atoms with Crippen LogP contribution >= 0.6 is 11.6 Å². The van der Waals surface area contributed by atoms with Crippen LogP contribution < -0.4 is 10.0 Å². The van der Waals surface area contributed by atoms with Crippen LogP contribution in [0.1, 0.15) is 13.8 Å². The molecule has 0 atom stereocenters. The standard InChI is InChI=1S/C11H15ClN2O4S/c1-11(2,16)10(15)13-9-5-4-7(6-8(9)12)14-19(3,17)18/h4-6,14,16H,1-3H3,(H,13,15). The Labute approximate surface area is 116 Å². The fraction of sp³-hybridized carbons (Fsp3) is 0.364. The lowest BCUT2D eigenvalue weighted by atomic mass is 10.1. The maximum absolute atomic E-state index is 11.6. The van der Waals surface area contributed by atoms with Crippen LogP contribution in [0.3, 0.4) is 0 Å². The molecule has 3 N–H and O–H groups in total. The van der Waals surface area contributed by atoms with Gasteiger partial charge in [0.1, 0.15) is 5.60 Å². The van der Waals surface area contributed by atoms with Crippen LogP contribution in [0.4, 0.5) is 11.4 Å². The smallest absolute Gasteiger partial charge is 0.255 e. The van der Waals surface area contributed by atoms with Gasteiger partial charge in [0.15, 0.2) is 0 Å². The second kappa shape index (κ2) is 5.36. The van der Waals surface area contributed by atoms with Crippen molar-refractivity contribution in [3.8, 4) is 0 Å². The fourth-order valence-corrected chi connectivity index (χ4v) is 1.95. The normalized spacial score (nSPS) is 12.1. The molecule has 0 aliphatic carbocycles. The van der Waals surface area contributed by atoms with Gasteiger partial charge in [0.05, 0.1) is 22.7 Å². The molecule has 0 aliphatic heterocycles. The molecule has 0 heterocycles. The minimum Gasteiger partial charge on any atom is -0.381 e. The highest BCUT2D eigenvalue weighted by Crippen LogP contribution is 2.26. The third kappa shape index (κ3) is 5.06. The lowest BCUT2D eigenvalue weighted by molar-refractivity contribution is -0.130. The number of benzene rings is 1. The second-order valence-electron chi connectivity index (χ2n) is 4.58. The summed E-state index contributed by atoms with van der Waals surface area (Å²) in [6.07, 6.45) is 1.02. The van der Waals surface area contributed by atoms with Crippen molar-refractivity contribution in [1.82, 2.24) is 0 Å². The van der Waals surface area contributed by atoms with Crippen LogP contribution in [0.2, 0.25) is 5.02 Å². The maximum atomic E-state index is 11.6. The number of carbonyl (C=O) groups excluding carboxylic acids is 1. The molecule has 0 saturated carbocycles. The molecule has 1 rings (SSSR count). The van der Waals surface area contributed by atoms with E-state index in [1.165, 1.54) is 32.0 Å². The molecule has 19 heavy (non-hydrogen) atoms. The summed E-state index contributed by atoms with van der Waals surface area (Å²) < 4.78 is 24.4. The first-order valence-electron chi connectivity index (χ1n) is 5.30. The zero-order valence-corrected chi connectivity index (χ0v) is 12.3. The first kappa shape index (κ1) is 15.7. The van der Waals surface area contributed by atoms with Gasteiger partial charge in [-0.05, 0) is 32.0 Å². The molecule has 106 valence electrons. The first-order valence-corrected chi connectivity index (χ1v) is 7.57. The Bertz CT molecular complexity index is 593. The van der Waals surface area contributed by atoms with E-state index in [0.29, 0.717) is 0 Å². The number of halogens is 1. The van der Waals surface area contributed by atoms with Gasteiger partial charge in [0.25, 0.3) is 5.91 Å². The predicted octanol–water partition coefficient (Wildman–Crippen LogP) is 1.42. The van der Waals surface area contributed by atoms with Crippen molar-refractivity contribution in [3.05, 3.63) is 23.2 Å². The van der Waals surface area contributed by atoms with Crippen molar-refractivity contribution in [2.45, 2.75) is 19.4 Å². The van der Waals surface area contributed by atoms with E-state index in [0.717, 1.165) is 6.26 Å². The minimum absolute atomic E-state index is 0.159. The summed E-state index contributed by atoms with van der Waals surface area (Å²) in [4.78, 5) is 11.6. The molecular weight excluding hydrogens is 292 g/mol. The van der Waals surface area contributed by atoms with E-state index in [2.05, 4.69) is 10.0 Å². The Morgan fingerprint density at radius 3 is 2.37 bits per heavy atom. The molecule has 1 aromatic carbocycles. The summed E-state index contributed by atoms with van der Waals surface area (Å²) in [5, 5.41) is 12.1. The van der Waals surface area contributed by atoms with Gasteiger partial charge >= 0.3 is 0 Å². The zero-order chi connectivity index (χ0) is 14.8. The van der Waals surface area contributed by atoms with Gasteiger partial charge in [0, 0.05) is 0 Å². The Morgan fingerprint density at radius 1 is 1.37 bits per heavy atom. The van der Waals surface area contributed by atoms with Gasteiger partial charge in [-0.2, -0.15) is 0 Å². The third-order valence-corrected chi connectivity index (χ3v) is 3.00. The Morgan fingerprint density at radius 2 is 1.95 bits per heavy atom. The number of rotatable bonds is 4. The minimum atomic E-state index is -3.39. The monoisotopic (exact) mass is 306 g/mol. The summed E-state index contributed by atoms with van der Waals surface area (Å²) >= 11 is 5.92. The number of sulfonamides is 1. The molecule has 0 spiro atoms. The fourth-order valence-electron chi connectivity index (χ4n) is 1.17. The van der Waals surface area contributed by atoms with Gasteiger partial charge in [-0.3, -0.25) is 9.52 Å². The quantitative estimate of drug-likeness (QED) is 0.784. The number of carbonyl (C=O) groups is 1. The highest BCUT2D eigenvalue weighted by atomic mass is 35.5. The van der Waals surface area contributed by atoms with Crippen molar-refractivity contribution in [2.24, 2.45) is 0 Å². The van der Waals surface area contributed by atoms with Crippen LogP contribution in [0.5, 0.6) is 0 Å². The largest absolute Gasteiger partial charge is 0.381 e. The summed E-state index contributed by atoms with van der Waals surface area (Å²) in [6, 6.07) is 4.26. The van der Waals surface area contributed by atoms with Gasteiger partial charge in [-0.25, -0.2) is 8.42 Å². The highest BCUT2D eigenvalue weighted by molar-refractivity contribution is 7.92. The number of hydrogen-bond donors (Lipinski definition) is 3. The summed E-state index contributed by atoms with van der Waals surface area (Å²) in [5.41, 5.74) is -0.964. The Balaban J connectivity index is 2.93. The zero-order valence-electron chi connectivity index (χ0n) is 10.7. The molecule has 0 aliphatic rings. The second-order valence-corrected chi connectivity index (χ2v) is 6.74. The molecular formula is C11H15ClN2O4S. The van der Waals surface area contributed by atoms with Crippen LogP contribution in [-0.4, -0.2) is 31.3 Å². The van der Waals surface area contributed by atoms with Crippen LogP contribution in [0, 0.1) is 0 Å². The molecule has 0 bridgehead atoms. The van der Waals surface area contributed by atoms with E-state index in [1.54, 1.807) is 0 Å². The van der Waals surface area contributed by atoms with Crippen LogP contribution in [0.25, 0.3) is 0 Å². The molecule has 8 heteroatoms. The number of amides is 1. The predicted molar refractivity (Wildman–Crippen MR) is 74.8 cm³/mol. The summed E-state index contributed by atoms with van der Waals surface area (Å²) in [5.74, 6) is -0.613. The molecule has 1 aromatic rings.